The molecule has 0 saturated carbocycles. The Morgan fingerprint density at radius 3 is 2.11 bits per heavy atom. The van der Waals surface area contributed by atoms with Crippen LogP contribution in [-0.2, 0) is 33.4 Å². The lowest BCUT2D eigenvalue weighted by atomic mass is 10.0. The molecule has 2 aliphatic rings. The second kappa shape index (κ2) is 29.9. The van der Waals surface area contributed by atoms with Gasteiger partial charge in [0.05, 0.1) is 12.0 Å². The minimum atomic E-state index is -1.15. The van der Waals surface area contributed by atoms with Crippen molar-refractivity contribution in [2.24, 2.45) is 4.99 Å². The number of para-hydroxylation sites is 1. The van der Waals surface area contributed by atoms with Crippen LogP contribution >= 0.6 is 0 Å². The number of unbranched alkanes of at least 4 members (excludes halogenated alkanes) is 17. The molecule has 61 heavy (non-hydrogen) atoms. The summed E-state index contributed by atoms with van der Waals surface area (Å²) in [6.45, 7) is 3.91. The first-order valence-corrected chi connectivity index (χ1v) is 23.3. The smallest absolute Gasteiger partial charge is 0.328 e. The number of carbonyl (C=O) groups excluding carboxylic acids is 5. The highest BCUT2D eigenvalue weighted by Gasteiger charge is 2.33. The van der Waals surface area contributed by atoms with Gasteiger partial charge in [0, 0.05) is 19.5 Å². The van der Waals surface area contributed by atoms with Crippen LogP contribution in [0.5, 0.6) is 5.75 Å². The fraction of sp³-hybridized carbons (Fsp3) is 0.739. The van der Waals surface area contributed by atoms with Crippen LogP contribution in [0.4, 0.5) is 0 Å². The maximum Gasteiger partial charge on any atom is 0.328 e. The normalized spacial score (nSPS) is 17.5. The van der Waals surface area contributed by atoms with Crippen LogP contribution in [0.15, 0.2) is 29.3 Å². The van der Waals surface area contributed by atoms with Gasteiger partial charge in [-0.1, -0.05) is 122 Å². The monoisotopic (exact) mass is 858 g/mol. The molecular weight excluding hydrogens is 783 g/mol. The zero-order valence-corrected chi connectivity index (χ0v) is 37.0. The van der Waals surface area contributed by atoms with Crippen molar-refractivity contribution in [3.8, 4) is 5.75 Å². The molecule has 3 rings (SSSR count). The van der Waals surface area contributed by atoms with E-state index in [-0.39, 0.29) is 56.5 Å². The maximum absolute atomic E-state index is 13.4. The number of phenols is 1. The van der Waals surface area contributed by atoms with Crippen molar-refractivity contribution in [2.75, 3.05) is 19.7 Å². The molecule has 15 heteroatoms. The fourth-order valence-corrected chi connectivity index (χ4v) is 7.69. The van der Waals surface area contributed by atoms with E-state index in [1.165, 1.54) is 96.5 Å². The first kappa shape index (κ1) is 51.1. The molecule has 15 nitrogen and oxygen atoms in total. The molecule has 2 aliphatic heterocycles. The molecule has 4 amide bonds. The Hall–Kier alpha value is -4.24. The number of nitrogens with zero attached hydrogens (tertiary/aromatic N) is 3. The molecule has 344 valence electrons. The number of aromatic hydroxyl groups is 1. The van der Waals surface area contributed by atoms with E-state index in [2.05, 4.69) is 22.5 Å². The molecule has 1 saturated heterocycles. The summed E-state index contributed by atoms with van der Waals surface area (Å²) in [5, 5.41) is 37.1. The Morgan fingerprint density at radius 1 is 0.885 bits per heavy atom. The van der Waals surface area contributed by atoms with Gasteiger partial charge in [0.2, 0.25) is 23.6 Å². The number of benzene rings is 1. The molecule has 1 aromatic carbocycles. The first-order chi connectivity index (χ1) is 29.5. The van der Waals surface area contributed by atoms with Crippen molar-refractivity contribution in [1.29, 1.82) is 0 Å². The van der Waals surface area contributed by atoms with E-state index >= 15 is 0 Å². The van der Waals surface area contributed by atoms with E-state index < -0.39 is 47.9 Å². The number of phenolic OH excluding ortho intramolecular Hbond substituents is 1. The zero-order valence-electron chi connectivity index (χ0n) is 37.0. The Morgan fingerprint density at radius 2 is 1.49 bits per heavy atom. The summed E-state index contributed by atoms with van der Waals surface area (Å²) >= 11 is 0. The minimum absolute atomic E-state index is 0.0555. The summed E-state index contributed by atoms with van der Waals surface area (Å²) < 4.78 is 11.2. The van der Waals surface area contributed by atoms with E-state index in [4.69, 9.17) is 9.47 Å². The predicted octanol–water partition coefficient (Wildman–Crippen LogP) is 7.66. The van der Waals surface area contributed by atoms with Gasteiger partial charge in [-0.2, -0.15) is 0 Å². The van der Waals surface area contributed by atoms with Crippen LogP contribution in [0, 0.1) is 0 Å². The summed E-state index contributed by atoms with van der Waals surface area (Å²) in [5.41, 5.74) is 0.325. The summed E-state index contributed by atoms with van der Waals surface area (Å²) in [7, 11) is 0. The Bertz CT molecular complexity index is 1510. The number of esters is 1. The van der Waals surface area contributed by atoms with Gasteiger partial charge in [-0.15, -0.1) is 0 Å². The van der Waals surface area contributed by atoms with Gasteiger partial charge in [0.1, 0.15) is 30.5 Å². The Balaban J connectivity index is 1.38. The van der Waals surface area contributed by atoms with Crippen LogP contribution in [0.2, 0.25) is 0 Å². The van der Waals surface area contributed by atoms with Crippen molar-refractivity contribution < 1.29 is 49.0 Å². The number of hydrogen-bond acceptors (Lipinski definition) is 11. The number of nitrogens with one attached hydrogen (secondary N) is 2. The van der Waals surface area contributed by atoms with E-state index in [0.29, 0.717) is 49.2 Å². The third-order valence-electron chi connectivity index (χ3n) is 11.4. The number of hydrogen-bond donors (Lipinski definition) is 5. The maximum atomic E-state index is 13.4. The topological polar surface area (TPSA) is 207 Å². The second-order valence-electron chi connectivity index (χ2n) is 16.8. The SMILES string of the molecule is CCCCCCCCCCCCCCCCCCCC(=O)N(O)CCCC[C@H](NC(=O)[C@H]1COC(c2ccccc2O)=N1)C(=O)O[C@H](C)CC(=O)N[C@H]1CCCCN(O)C1=O. The number of carbonyl (C=O) groups is 5. The van der Waals surface area contributed by atoms with E-state index in [9.17, 15) is 39.5 Å². The molecule has 0 bridgehead atoms. The summed E-state index contributed by atoms with van der Waals surface area (Å²) in [6.07, 6.45) is 22.7. The molecule has 0 unspecified atom stereocenters. The molecular formula is C46H75N5O10. The molecule has 0 radical (unpaired) electrons. The van der Waals surface area contributed by atoms with E-state index in [1.807, 2.05) is 0 Å². The van der Waals surface area contributed by atoms with Gasteiger partial charge in [-0.3, -0.25) is 29.6 Å². The zero-order chi connectivity index (χ0) is 44.2. The average Bonchev–Trinajstić information content (AvgIpc) is 3.68. The number of aliphatic imine (C=N–C) groups is 1. The summed E-state index contributed by atoms with van der Waals surface area (Å²) in [4.78, 5) is 68.9. The number of rotatable bonds is 31. The van der Waals surface area contributed by atoms with Crippen LogP contribution in [0.1, 0.15) is 180 Å². The Labute approximate surface area is 363 Å². The third-order valence-corrected chi connectivity index (χ3v) is 11.4. The van der Waals surface area contributed by atoms with Crippen LogP contribution in [0.25, 0.3) is 0 Å². The van der Waals surface area contributed by atoms with Gasteiger partial charge in [-0.05, 0) is 64.0 Å². The average molecular weight is 858 g/mol. The molecule has 2 heterocycles. The lowest BCUT2D eigenvalue weighted by Crippen LogP contribution is -2.48. The highest BCUT2D eigenvalue weighted by Crippen LogP contribution is 2.22. The highest BCUT2D eigenvalue weighted by molar-refractivity contribution is 6.00. The number of amides is 4. The molecule has 1 fully saturated rings. The predicted molar refractivity (Wildman–Crippen MR) is 232 cm³/mol. The van der Waals surface area contributed by atoms with Crippen molar-refractivity contribution in [3.05, 3.63) is 29.8 Å². The van der Waals surface area contributed by atoms with Crippen molar-refractivity contribution in [1.82, 2.24) is 20.8 Å². The highest BCUT2D eigenvalue weighted by atomic mass is 16.5. The fourth-order valence-electron chi connectivity index (χ4n) is 7.69. The molecule has 0 spiro atoms. The lowest BCUT2D eigenvalue weighted by Gasteiger charge is -2.23. The molecule has 1 aromatic rings. The van der Waals surface area contributed by atoms with Crippen LogP contribution in [0.3, 0.4) is 0 Å². The summed E-state index contributed by atoms with van der Waals surface area (Å²) in [6, 6.07) is 3.38. The van der Waals surface area contributed by atoms with Crippen molar-refractivity contribution in [2.45, 2.75) is 199 Å². The van der Waals surface area contributed by atoms with Crippen molar-refractivity contribution >= 4 is 35.5 Å². The van der Waals surface area contributed by atoms with Gasteiger partial charge in [-0.25, -0.2) is 19.9 Å². The quantitative estimate of drug-likeness (QED) is 0.0213. The lowest BCUT2D eigenvalue weighted by molar-refractivity contribution is -0.167. The van der Waals surface area contributed by atoms with Crippen LogP contribution in [-0.4, -0.2) is 105 Å². The number of ether oxygens (including phenoxy) is 2. The Kier molecular flexibility index (Phi) is 25.1. The minimum Gasteiger partial charge on any atom is -0.507 e. The second-order valence-corrected chi connectivity index (χ2v) is 16.8. The van der Waals surface area contributed by atoms with E-state index in [1.54, 1.807) is 18.2 Å². The van der Waals surface area contributed by atoms with Crippen LogP contribution < -0.4 is 10.6 Å². The first-order valence-electron chi connectivity index (χ1n) is 23.3. The number of hydroxylamine groups is 4. The third kappa shape index (κ3) is 20.5. The molecule has 4 atom stereocenters. The van der Waals surface area contributed by atoms with Crippen molar-refractivity contribution in [3.63, 3.8) is 0 Å². The molecule has 0 aromatic heterocycles. The summed E-state index contributed by atoms with van der Waals surface area (Å²) in [5.74, 6) is -2.85. The van der Waals surface area contributed by atoms with E-state index in [0.717, 1.165) is 24.3 Å². The van der Waals surface area contributed by atoms with Gasteiger partial charge >= 0.3 is 5.97 Å². The standard InChI is InChI=1S/C46H75N5O10/c1-3-4-5-6-7-8-9-10-11-12-13-14-15-16-17-18-19-30-42(54)50(58)31-24-23-28-38(48-43(55)39-34-60-44(49-39)36-26-20-21-29-40(36)52)46(57)61-35(2)33-41(53)47-37-27-22-25-32-51(59)45(37)56/h20-21,26,29,35,37-39,52,58-59H,3-19,22-25,27-28,30-34H2,1-2H3,(H,47,53)(H,48,55)/t35-,37+,38+,39-/m1/s1. The largest absolute Gasteiger partial charge is 0.507 e. The molecule has 0 aliphatic carbocycles. The van der Waals surface area contributed by atoms with Gasteiger partial charge in [0.25, 0.3) is 5.91 Å². The van der Waals surface area contributed by atoms with Gasteiger partial charge in [0.15, 0.2) is 6.04 Å². The molecule has 5 N–H and O–H groups in total. The van der Waals surface area contributed by atoms with Gasteiger partial charge < -0.3 is 25.2 Å².